The minimum absolute atomic E-state index is 0.0372. The highest BCUT2D eigenvalue weighted by Gasteiger charge is 2.39. The molecule has 4 aromatic rings. The summed E-state index contributed by atoms with van der Waals surface area (Å²) >= 11 is 8.07. The van der Waals surface area contributed by atoms with Crippen LogP contribution in [0, 0.1) is 16.7 Å². The molecule has 3 aromatic heterocycles. The number of piperidine rings is 1. The van der Waals surface area contributed by atoms with Crippen molar-refractivity contribution in [1.82, 2.24) is 25.1 Å². The number of carbonyl (C=O) groups excluding carboxylic acids is 3. The predicted molar refractivity (Wildman–Crippen MR) is 153 cm³/mol. The van der Waals surface area contributed by atoms with Crippen LogP contribution >= 0.6 is 22.9 Å². The van der Waals surface area contributed by atoms with Gasteiger partial charge >= 0.3 is 0 Å². The Balaban J connectivity index is 1.39. The highest BCUT2D eigenvalue weighted by molar-refractivity contribution is 7.19. The lowest BCUT2D eigenvalue weighted by atomic mass is 9.80. The van der Waals surface area contributed by atoms with Crippen molar-refractivity contribution in [3.8, 4) is 17.2 Å². The van der Waals surface area contributed by atoms with Crippen LogP contribution in [0.4, 0.5) is 0 Å². The van der Waals surface area contributed by atoms with Gasteiger partial charge in [-0.25, -0.2) is 0 Å². The Morgan fingerprint density at radius 3 is 2.80 bits per heavy atom. The molecule has 0 radical (unpaired) electrons. The number of hydrogen-bond donors (Lipinski definition) is 2. The second-order valence-corrected chi connectivity index (χ2v) is 12.1. The summed E-state index contributed by atoms with van der Waals surface area (Å²) < 4.78 is 3.09. The zero-order valence-electron chi connectivity index (χ0n) is 21.9. The van der Waals surface area contributed by atoms with Crippen molar-refractivity contribution in [2.45, 2.75) is 45.3 Å². The Morgan fingerprint density at radius 2 is 2.05 bits per heavy atom. The minimum atomic E-state index is -0.822. The van der Waals surface area contributed by atoms with Crippen molar-refractivity contribution in [2.24, 2.45) is 5.41 Å². The summed E-state index contributed by atoms with van der Waals surface area (Å²) in [5, 5.41) is 17.6. The average molecular weight is 575 g/mol. The number of thiophene rings is 1. The molecule has 0 unspecified atom stereocenters. The van der Waals surface area contributed by atoms with Crippen LogP contribution < -0.4 is 10.6 Å². The van der Waals surface area contributed by atoms with E-state index < -0.39 is 17.4 Å². The summed E-state index contributed by atoms with van der Waals surface area (Å²) in [7, 11) is 0. The molecule has 40 heavy (non-hydrogen) atoms. The molecule has 11 heteroatoms. The monoisotopic (exact) mass is 574 g/mol. The third-order valence-corrected chi connectivity index (χ3v) is 9.15. The van der Waals surface area contributed by atoms with Gasteiger partial charge in [-0.3, -0.25) is 24.3 Å². The van der Waals surface area contributed by atoms with E-state index in [1.165, 1.54) is 23.2 Å². The van der Waals surface area contributed by atoms with E-state index in [1.807, 2.05) is 36.5 Å². The molecule has 6 rings (SSSR count). The zero-order valence-corrected chi connectivity index (χ0v) is 23.4. The number of hydrogen-bond acceptors (Lipinski definition) is 7. The molecule has 0 saturated carbocycles. The lowest BCUT2D eigenvalue weighted by Crippen LogP contribution is -2.40. The quantitative estimate of drug-likeness (QED) is 0.333. The first-order valence-corrected chi connectivity index (χ1v) is 14.4. The maximum absolute atomic E-state index is 12.8. The molecule has 2 aliphatic heterocycles. The molecule has 5 heterocycles. The van der Waals surface area contributed by atoms with Crippen LogP contribution in [0.2, 0.25) is 5.02 Å². The van der Waals surface area contributed by atoms with E-state index in [2.05, 4.69) is 26.3 Å². The lowest BCUT2D eigenvalue weighted by molar-refractivity contribution is -0.140. The van der Waals surface area contributed by atoms with Crippen molar-refractivity contribution in [1.29, 1.82) is 5.26 Å². The summed E-state index contributed by atoms with van der Waals surface area (Å²) in [5.41, 5.74) is 3.20. The molecule has 1 aromatic carbocycles. The smallest absolute Gasteiger partial charge is 0.252 e. The van der Waals surface area contributed by atoms with Crippen LogP contribution in [0.5, 0.6) is 0 Å². The largest absolute Gasteiger partial charge is 0.345 e. The summed E-state index contributed by atoms with van der Waals surface area (Å²) in [6, 6.07) is 11.5. The maximum Gasteiger partial charge on any atom is 0.252 e. The van der Waals surface area contributed by atoms with E-state index in [4.69, 9.17) is 11.6 Å². The Morgan fingerprint density at radius 1 is 1.25 bits per heavy atom. The number of nitrogens with zero attached hydrogens (tertiary/aromatic N) is 4. The number of carbonyl (C=O) groups is 3. The highest BCUT2D eigenvalue weighted by Crippen LogP contribution is 2.41. The number of amides is 3. The number of likely N-dealkylation sites (tertiary alicyclic amines) is 1. The topological polar surface area (TPSA) is 120 Å². The number of pyridine rings is 1. The van der Waals surface area contributed by atoms with Gasteiger partial charge in [-0.05, 0) is 56.3 Å². The van der Waals surface area contributed by atoms with E-state index in [-0.39, 0.29) is 24.8 Å². The fourth-order valence-corrected chi connectivity index (χ4v) is 7.18. The number of halogens is 1. The van der Waals surface area contributed by atoms with Gasteiger partial charge in [0, 0.05) is 52.3 Å². The number of nitriles is 1. The fraction of sp³-hybridized carbons (Fsp3) is 0.345. The summed E-state index contributed by atoms with van der Waals surface area (Å²) in [6.07, 6.45) is 5.31. The van der Waals surface area contributed by atoms with Crippen LogP contribution in [-0.4, -0.2) is 51.3 Å². The number of fused-ring (bicyclic) bond motifs is 2. The Hall–Kier alpha value is -3.78. The number of rotatable bonds is 6. The van der Waals surface area contributed by atoms with Crippen LogP contribution in [-0.2, 0) is 27.5 Å². The van der Waals surface area contributed by atoms with E-state index in [0.29, 0.717) is 11.6 Å². The van der Waals surface area contributed by atoms with Gasteiger partial charge in [-0.15, -0.1) is 11.3 Å². The van der Waals surface area contributed by atoms with Gasteiger partial charge < -0.3 is 15.2 Å². The number of imide groups is 1. The molecule has 2 saturated heterocycles. The van der Waals surface area contributed by atoms with Crippen LogP contribution in [0.25, 0.3) is 32.2 Å². The van der Waals surface area contributed by atoms with Crippen molar-refractivity contribution >= 4 is 61.8 Å². The standard InChI is InChI=1S/C29H27ClN6O3S/c1-17(37)34-24-13-25(38)36(28(24)39)14-20-12-23-27(40-20)21(2-6-33-23)22-11-19(30)10-18-3-9-35(26(18)22)16-29(15-31)4-7-32-8-5-29/h2-3,6,9-12,24,32H,4-5,7-8,13-14,16H2,1H3,(H,34,37)/t24-/m1/s1. The summed E-state index contributed by atoms with van der Waals surface area (Å²) in [4.78, 5) is 43.4. The molecule has 2 aliphatic rings. The van der Waals surface area contributed by atoms with E-state index in [0.717, 1.165) is 63.1 Å². The zero-order chi connectivity index (χ0) is 28.0. The minimum Gasteiger partial charge on any atom is -0.345 e. The van der Waals surface area contributed by atoms with Gasteiger partial charge in [-0.2, -0.15) is 5.26 Å². The van der Waals surface area contributed by atoms with E-state index >= 15 is 0 Å². The molecular formula is C29H27ClN6O3S. The first-order valence-electron chi connectivity index (χ1n) is 13.2. The number of nitrogens with one attached hydrogen (secondary N) is 2. The molecule has 1 atom stereocenters. The van der Waals surface area contributed by atoms with Crippen molar-refractivity contribution in [3.63, 3.8) is 0 Å². The lowest BCUT2D eigenvalue weighted by Gasteiger charge is -2.32. The highest BCUT2D eigenvalue weighted by atomic mass is 35.5. The van der Waals surface area contributed by atoms with Crippen molar-refractivity contribution in [2.75, 3.05) is 13.1 Å². The third-order valence-electron chi connectivity index (χ3n) is 7.78. The normalized spacial score (nSPS) is 18.9. The number of benzene rings is 1. The van der Waals surface area contributed by atoms with Crippen LogP contribution in [0.3, 0.4) is 0 Å². The molecule has 0 aliphatic carbocycles. The first-order chi connectivity index (χ1) is 19.3. The van der Waals surface area contributed by atoms with Gasteiger partial charge in [0.05, 0.1) is 40.2 Å². The SMILES string of the molecule is CC(=O)N[C@@H]1CC(=O)N(Cc2cc3nccc(-c4cc(Cl)cc5ccn(CC6(C#N)CCNCC6)c45)c3s2)C1=O. The van der Waals surface area contributed by atoms with Gasteiger partial charge in [0.2, 0.25) is 11.8 Å². The van der Waals surface area contributed by atoms with E-state index in [1.54, 1.807) is 6.20 Å². The molecule has 3 amide bonds. The molecule has 0 bridgehead atoms. The van der Waals surface area contributed by atoms with Crippen LogP contribution in [0.15, 0.2) is 42.7 Å². The maximum atomic E-state index is 12.8. The number of aromatic nitrogens is 2. The molecule has 9 nitrogen and oxygen atoms in total. The Kier molecular flexibility index (Phi) is 6.82. The summed E-state index contributed by atoms with van der Waals surface area (Å²) in [5.74, 6) is -1.06. The molecule has 2 fully saturated rings. The molecular weight excluding hydrogens is 548 g/mol. The Bertz CT molecular complexity index is 1710. The van der Waals surface area contributed by atoms with Crippen molar-refractivity contribution < 1.29 is 14.4 Å². The summed E-state index contributed by atoms with van der Waals surface area (Å²) in [6.45, 7) is 3.68. The van der Waals surface area contributed by atoms with Crippen molar-refractivity contribution in [3.05, 3.63) is 52.6 Å². The third kappa shape index (κ3) is 4.74. The molecule has 2 N–H and O–H groups in total. The Labute approximate surface area is 239 Å². The molecule has 0 spiro atoms. The second-order valence-electron chi connectivity index (χ2n) is 10.5. The second kappa shape index (κ2) is 10.3. The first kappa shape index (κ1) is 26.4. The molecule has 204 valence electrons. The van der Waals surface area contributed by atoms with Gasteiger partial charge in [0.1, 0.15) is 6.04 Å². The van der Waals surface area contributed by atoms with Gasteiger partial charge in [0.15, 0.2) is 0 Å². The van der Waals surface area contributed by atoms with E-state index in [9.17, 15) is 19.6 Å². The van der Waals surface area contributed by atoms with Gasteiger partial charge in [-0.1, -0.05) is 11.6 Å². The predicted octanol–water partition coefficient (Wildman–Crippen LogP) is 4.23. The van der Waals surface area contributed by atoms with Crippen LogP contribution in [0.1, 0.15) is 31.1 Å². The fourth-order valence-electron chi connectivity index (χ4n) is 5.83. The van der Waals surface area contributed by atoms with Gasteiger partial charge in [0.25, 0.3) is 5.91 Å². The average Bonchev–Trinajstić information content (AvgIpc) is 3.60.